The smallest absolute Gasteiger partial charge is 0.262 e. The van der Waals surface area contributed by atoms with Crippen LogP contribution in [0.1, 0.15) is 15.9 Å². The van der Waals surface area contributed by atoms with Gasteiger partial charge in [0.1, 0.15) is 5.75 Å². The summed E-state index contributed by atoms with van der Waals surface area (Å²) in [6.07, 6.45) is 0. The van der Waals surface area contributed by atoms with Gasteiger partial charge in [-0.1, -0.05) is 23.7 Å². The van der Waals surface area contributed by atoms with Gasteiger partial charge in [-0.05, 0) is 36.8 Å². The number of nitrogens with one attached hydrogen (secondary N) is 2. The van der Waals surface area contributed by atoms with Gasteiger partial charge in [-0.15, -0.1) is 0 Å². The number of ether oxygens (including phenoxy) is 1. The lowest BCUT2D eigenvalue weighted by atomic mass is 10.1. The number of aryl methyl sites for hydroxylation is 1. The first-order valence-electron chi connectivity index (χ1n) is 6.68. The molecule has 1 aliphatic rings. The first kappa shape index (κ1) is 14.4. The van der Waals surface area contributed by atoms with E-state index >= 15 is 0 Å². The molecule has 0 fully saturated rings. The van der Waals surface area contributed by atoms with Gasteiger partial charge < -0.3 is 15.4 Å². The zero-order valence-electron chi connectivity index (χ0n) is 11.8. The molecule has 1 aliphatic heterocycles. The number of hydrogen-bond donors (Lipinski definition) is 2. The maximum absolute atomic E-state index is 12.5. The van der Waals surface area contributed by atoms with E-state index in [0.29, 0.717) is 27.7 Å². The molecular formula is C16H13ClN2O3. The van der Waals surface area contributed by atoms with E-state index in [-0.39, 0.29) is 18.4 Å². The molecule has 22 heavy (non-hydrogen) atoms. The predicted octanol–water partition coefficient (Wildman–Crippen LogP) is 3.23. The number of rotatable bonds is 2. The van der Waals surface area contributed by atoms with Gasteiger partial charge in [0.25, 0.3) is 11.8 Å². The van der Waals surface area contributed by atoms with Crippen molar-refractivity contribution in [3.8, 4) is 5.75 Å². The molecule has 2 aromatic carbocycles. The zero-order valence-corrected chi connectivity index (χ0v) is 12.5. The Morgan fingerprint density at radius 1 is 1.32 bits per heavy atom. The Hall–Kier alpha value is -2.53. The molecule has 0 saturated heterocycles. The van der Waals surface area contributed by atoms with Crippen LogP contribution in [0.5, 0.6) is 5.75 Å². The van der Waals surface area contributed by atoms with E-state index in [1.807, 2.05) is 13.0 Å². The van der Waals surface area contributed by atoms with Crippen molar-refractivity contribution in [2.75, 3.05) is 17.2 Å². The molecule has 0 bridgehead atoms. The number of carbonyl (C=O) groups excluding carboxylic acids is 2. The van der Waals surface area contributed by atoms with Crippen molar-refractivity contribution in [2.45, 2.75) is 6.92 Å². The van der Waals surface area contributed by atoms with Crippen LogP contribution >= 0.6 is 11.6 Å². The monoisotopic (exact) mass is 316 g/mol. The molecule has 0 spiro atoms. The summed E-state index contributed by atoms with van der Waals surface area (Å²) < 4.78 is 5.31. The fraction of sp³-hybridized carbons (Fsp3) is 0.125. The fourth-order valence-electron chi connectivity index (χ4n) is 2.21. The number of benzene rings is 2. The molecule has 2 N–H and O–H groups in total. The Morgan fingerprint density at radius 2 is 2.14 bits per heavy atom. The van der Waals surface area contributed by atoms with Crippen LogP contribution in [0.4, 0.5) is 11.4 Å². The second-order valence-electron chi connectivity index (χ2n) is 4.93. The van der Waals surface area contributed by atoms with Crippen LogP contribution in [-0.4, -0.2) is 18.4 Å². The Kier molecular flexibility index (Phi) is 3.73. The Bertz CT molecular complexity index is 774. The number of hydrogen-bond acceptors (Lipinski definition) is 3. The van der Waals surface area contributed by atoms with Crippen LogP contribution in [0.2, 0.25) is 5.02 Å². The summed E-state index contributed by atoms with van der Waals surface area (Å²) in [6.45, 7) is 1.82. The van der Waals surface area contributed by atoms with E-state index in [1.54, 1.807) is 30.3 Å². The molecule has 0 saturated carbocycles. The molecule has 1 heterocycles. The van der Waals surface area contributed by atoms with Crippen molar-refractivity contribution >= 4 is 34.8 Å². The number of fused-ring (bicyclic) bond motifs is 1. The summed E-state index contributed by atoms with van der Waals surface area (Å²) in [5.74, 6) is -0.144. The summed E-state index contributed by atoms with van der Waals surface area (Å²) >= 11 is 5.95. The van der Waals surface area contributed by atoms with Crippen LogP contribution in [0.3, 0.4) is 0 Å². The summed E-state index contributed by atoms with van der Waals surface area (Å²) in [6, 6.07) is 10.3. The second kappa shape index (κ2) is 5.69. The standard InChI is InChI=1S/C16H13ClN2O3/c1-9-5-6-10(17)7-12(9)18-16(21)11-3-2-4-13-15(11)19-14(20)8-22-13/h2-7H,8H2,1H3,(H,18,21)(H,19,20). The molecule has 5 nitrogen and oxygen atoms in total. The average Bonchev–Trinajstić information content (AvgIpc) is 2.50. The minimum absolute atomic E-state index is 0.0501. The van der Waals surface area contributed by atoms with Crippen LogP contribution in [0.15, 0.2) is 36.4 Å². The molecule has 112 valence electrons. The molecule has 2 amide bonds. The first-order valence-corrected chi connectivity index (χ1v) is 7.05. The minimum atomic E-state index is -0.340. The largest absolute Gasteiger partial charge is 0.482 e. The highest BCUT2D eigenvalue weighted by molar-refractivity contribution is 6.31. The highest BCUT2D eigenvalue weighted by Gasteiger charge is 2.22. The van der Waals surface area contributed by atoms with Crippen molar-refractivity contribution in [3.05, 3.63) is 52.5 Å². The van der Waals surface area contributed by atoms with E-state index < -0.39 is 0 Å². The zero-order chi connectivity index (χ0) is 15.7. The number of amides is 2. The predicted molar refractivity (Wildman–Crippen MR) is 84.7 cm³/mol. The third kappa shape index (κ3) is 2.76. The van der Waals surface area contributed by atoms with Crippen molar-refractivity contribution in [2.24, 2.45) is 0 Å². The van der Waals surface area contributed by atoms with Gasteiger partial charge >= 0.3 is 0 Å². The molecule has 6 heteroatoms. The van der Waals surface area contributed by atoms with Crippen molar-refractivity contribution in [1.82, 2.24) is 0 Å². The van der Waals surface area contributed by atoms with Crippen LogP contribution in [0, 0.1) is 6.92 Å². The molecule has 0 aliphatic carbocycles. The SMILES string of the molecule is Cc1ccc(Cl)cc1NC(=O)c1cccc2c1NC(=O)CO2. The van der Waals surface area contributed by atoms with Crippen LogP contribution in [0.25, 0.3) is 0 Å². The maximum Gasteiger partial charge on any atom is 0.262 e. The summed E-state index contributed by atoms with van der Waals surface area (Å²) in [4.78, 5) is 24.0. The maximum atomic E-state index is 12.5. The van der Waals surface area contributed by atoms with E-state index in [4.69, 9.17) is 16.3 Å². The number of halogens is 1. The average molecular weight is 317 g/mol. The topological polar surface area (TPSA) is 67.4 Å². The second-order valence-corrected chi connectivity index (χ2v) is 5.37. The van der Waals surface area contributed by atoms with Gasteiger partial charge in [-0.2, -0.15) is 0 Å². The molecule has 0 radical (unpaired) electrons. The van der Waals surface area contributed by atoms with Crippen LogP contribution < -0.4 is 15.4 Å². The summed E-state index contributed by atoms with van der Waals surface area (Å²) in [5.41, 5.74) is 2.24. The fourth-order valence-corrected chi connectivity index (χ4v) is 2.38. The highest BCUT2D eigenvalue weighted by Crippen LogP contribution is 2.32. The lowest BCUT2D eigenvalue weighted by Gasteiger charge is -2.20. The highest BCUT2D eigenvalue weighted by atomic mass is 35.5. The van der Waals surface area contributed by atoms with Crippen molar-refractivity contribution in [1.29, 1.82) is 0 Å². The van der Waals surface area contributed by atoms with Crippen molar-refractivity contribution < 1.29 is 14.3 Å². The number of carbonyl (C=O) groups is 2. The summed E-state index contributed by atoms with van der Waals surface area (Å²) in [7, 11) is 0. The Labute approximate surface area is 132 Å². The third-order valence-electron chi connectivity index (χ3n) is 3.34. The number of para-hydroxylation sites is 1. The minimum Gasteiger partial charge on any atom is -0.482 e. The van der Waals surface area contributed by atoms with Crippen LogP contribution in [-0.2, 0) is 4.79 Å². The molecule has 3 rings (SSSR count). The van der Waals surface area contributed by atoms with Gasteiger partial charge in [0.15, 0.2) is 6.61 Å². The van der Waals surface area contributed by atoms with Gasteiger partial charge in [-0.3, -0.25) is 9.59 Å². The van der Waals surface area contributed by atoms with E-state index in [0.717, 1.165) is 5.56 Å². The first-order chi connectivity index (χ1) is 10.5. The third-order valence-corrected chi connectivity index (χ3v) is 3.58. The lowest BCUT2D eigenvalue weighted by Crippen LogP contribution is -2.27. The summed E-state index contributed by atoms with van der Waals surface area (Å²) in [5, 5.41) is 6.01. The molecule has 2 aromatic rings. The van der Waals surface area contributed by atoms with E-state index in [2.05, 4.69) is 10.6 Å². The van der Waals surface area contributed by atoms with Gasteiger partial charge in [0, 0.05) is 10.7 Å². The van der Waals surface area contributed by atoms with E-state index in [1.165, 1.54) is 0 Å². The van der Waals surface area contributed by atoms with Gasteiger partial charge in [-0.25, -0.2) is 0 Å². The quantitative estimate of drug-likeness (QED) is 0.894. The molecule has 0 unspecified atom stereocenters. The Balaban J connectivity index is 1.93. The van der Waals surface area contributed by atoms with Crippen molar-refractivity contribution in [3.63, 3.8) is 0 Å². The van der Waals surface area contributed by atoms with E-state index in [9.17, 15) is 9.59 Å². The van der Waals surface area contributed by atoms with Gasteiger partial charge in [0.05, 0.1) is 11.3 Å². The normalized spacial score (nSPS) is 12.9. The molecular weight excluding hydrogens is 304 g/mol. The molecule has 0 aromatic heterocycles. The number of anilines is 2. The molecule has 0 atom stereocenters. The lowest BCUT2D eigenvalue weighted by molar-refractivity contribution is -0.118. The Morgan fingerprint density at radius 3 is 2.95 bits per heavy atom. The van der Waals surface area contributed by atoms with Gasteiger partial charge in [0.2, 0.25) is 0 Å².